The second kappa shape index (κ2) is 9.19. The number of amides is 1. The fourth-order valence-corrected chi connectivity index (χ4v) is 1.94. The lowest BCUT2D eigenvalue weighted by molar-refractivity contribution is 0.0929. The Balaban J connectivity index is 0.000000383. The monoisotopic (exact) mass is 289 g/mol. The van der Waals surface area contributed by atoms with Crippen LogP contribution in [0.25, 0.3) is 0 Å². The molecule has 2 rings (SSSR count). The third-order valence-electron chi connectivity index (χ3n) is 3.44. The number of allylic oxidation sites excluding steroid dienone is 2. The molecular weight excluding hydrogens is 262 g/mol. The van der Waals surface area contributed by atoms with E-state index in [4.69, 9.17) is 5.73 Å². The number of rotatable bonds is 2. The standard InChI is InChI=1S/C13H18N2O.C4H9N/c1-10-2-4-11(5-3-10)13(16)15-12-6-8-14-9-7-12;1-3-4(2)5/h2-5,12,14H,6-9H2,1H3,(H,15,16);3H,5H2,1-2H3/b;4-3+. The number of nitrogens with one attached hydrogen (secondary N) is 2. The molecule has 21 heavy (non-hydrogen) atoms. The quantitative estimate of drug-likeness (QED) is 0.783. The van der Waals surface area contributed by atoms with Crippen LogP contribution in [0.2, 0.25) is 0 Å². The summed E-state index contributed by atoms with van der Waals surface area (Å²) in [4.78, 5) is 11.9. The summed E-state index contributed by atoms with van der Waals surface area (Å²) in [5.74, 6) is 0.0481. The molecule has 0 saturated carbocycles. The molecule has 0 spiro atoms. The van der Waals surface area contributed by atoms with Crippen molar-refractivity contribution in [3.63, 3.8) is 0 Å². The van der Waals surface area contributed by atoms with E-state index in [-0.39, 0.29) is 5.91 Å². The van der Waals surface area contributed by atoms with Gasteiger partial charge in [0.2, 0.25) is 0 Å². The second-order valence-corrected chi connectivity index (χ2v) is 5.40. The molecule has 1 amide bonds. The van der Waals surface area contributed by atoms with Gasteiger partial charge in [-0.15, -0.1) is 0 Å². The third-order valence-corrected chi connectivity index (χ3v) is 3.44. The molecule has 1 aliphatic rings. The molecule has 1 heterocycles. The smallest absolute Gasteiger partial charge is 0.251 e. The molecule has 0 aromatic heterocycles. The molecule has 4 N–H and O–H groups in total. The van der Waals surface area contributed by atoms with Gasteiger partial charge in [-0.3, -0.25) is 4.79 Å². The Bertz CT molecular complexity index is 455. The van der Waals surface area contributed by atoms with Gasteiger partial charge in [0, 0.05) is 17.3 Å². The summed E-state index contributed by atoms with van der Waals surface area (Å²) in [6.07, 6.45) is 3.91. The lowest BCUT2D eigenvalue weighted by Gasteiger charge is -2.23. The summed E-state index contributed by atoms with van der Waals surface area (Å²) in [6.45, 7) is 7.79. The van der Waals surface area contributed by atoms with Gasteiger partial charge in [0.15, 0.2) is 0 Å². The van der Waals surface area contributed by atoms with E-state index in [9.17, 15) is 4.79 Å². The average molecular weight is 289 g/mol. The van der Waals surface area contributed by atoms with Crippen LogP contribution in [-0.4, -0.2) is 25.0 Å². The molecule has 0 radical (unpaired) electrons. The lowest BCUT2D eigenvalue weighted by Crippen LogP contribution is -2.42. The van der Waals surface area contributed by atoms with Crippen LogP contribution in [0.1, 0.15) is 42.6 Å². The molecule has 0 aliphatic carbocycles. The molecule has 1 fully saturated rings. The van der Waals surface area contributed by atoms with Crippen molar-refractivity contribution in [2.75, 3.05) is 13.1 Å². The molecular formula is C17H27N3O. The van der Waals surface area contributed by atoms with Gasteiger partial charge in [-0.1, -0.05) is 23.8 Å². The van der Waals surface area contributed by atoms with Gasteiger partial charge in [-0.2, -0.15) is 0 Å². The number of carbonyl (C=O) groups excluding carboxylic acids is 1. The van der Waals surface area contributed by atoms with Gasteiger partial charge in [0.05, 0.1) is 0 Å². The fraction of sp³-hybridized carbons (Fsp3) is 0.471. The summed E-state index contributed by atoms with van der Waals surface area (Å²) < 4.78 is 0. The number of hydrogen-bond donors (Lipinski definition) is 3. The summed E-state index contributed by atoms with van der Waals surface area (Å²) in [6, 6.07) is 8.03. The van der Waals surface area contributed by atoms with Crippen molar-refractivity contribution in [1.29, 1.82) is 0 Å². The topological polar surface area (TPSA) is 67.2 Å². The lowest BCUT2D eigenvalue weighted by atomic mass is 10.1. The van der Waals surface area contributed by atoms with Crippen LogP contribution in [0.3, 0.4) is 0 Å². The van der Waals surface area contributed by atoms with Gasteiger partial charge < -0.3 is 16.4 Å². The Morgan fingerprint density at radius 3 is 2.29 bits per heavy atom. The van der Waals surface area contributed by atoms with E-state index in [0.717, 1.165) is 37.2 Å². The van der Waals surface area contributed by atoms with Gasteiger partial charge in [0.1, 0.15) is 0 Å². The molecule has 0 bridgehead atoms. The molecule has 1 saturated heterocycles. The number of aryl methyl sites for hydroxylation is 1. The summed E-state index contributed by atoms with van der Waals surface area (Å²) in [7, 11) is 0. The van der Waals surface area contributed by atoms with E-state index in [1.54, 1.807) is 0 Å². The van der Waals surface area contributed by atoms with Crippen molar-refractivity contribution in [2.24, 2.45) is 5.73 Å². The predicted molar refractivity (Wildman–Crippen MR) is 88.2 cm³/mol. The molecule has 4 nitrogen and oxygen atoms in total. The zero-order valence-electron chi connectivity index (χ0n) is 13.3. The van der Waals surface area contributed by atoms with E-state index in [1.807, 2.05) is 51.1 Å². The normalized spacial score (nSPS) is 15.9. The highest BCUT2D eigenvalue weighted by atomic mass is 16.1. The van der Waals surface area contributed by atoms with Crippen molar-refractivity contribution in [2.45, 2.75) is 39.7 Å². The molecule has 0 atom stereocenters. The van der Waals surface area contributed by atoms with Gasteiger partial charge in [0.25, 0.3) is 5.91 Å². The Kier molecular flexibility index (Phi) is 7.54. The number of hydrogen-bond acceptors (Lipinski definition) is 3. The predicted octanol–water partition coefficient (Wildman–Crippen LogP) is 2.35. The van der Waals surface area contributed by atoms with Crippen molar-refractivity contribution in [1.82, 2.24) is 10.6 Å². The van der Waals surface area contributed by atoms with Crippen LogP contribution in [-0.2, 0) is 0 Å². The first kappa shape index (κ1) is 17.2. The zero-order chi connectivity index (χ0) is 15.7. The summed E-state index contributed by atoms with van der Waals surface area (Å²) in [5.41, 5.74) is 7.97. The number of carbonyl (C=O) groups is 1. The highest BCUT2D eigenvalue weighted by Gasteiger charge is 2.15. The number of benzene rings is 1. The van der Waals surface area contributed by atoms with Crippen molar-refractivity contribution < 1.29 is 4.79 Å². The van der Waals surface area contributed by atoms with Crippen LogP contribution in [0, 0.1) is 6.92 Å². The minimum absolute atomic E-state index is 0.0481. The Morgan fingerprint density at radius 1 is 1.29 bits per heavy atom. The molecule has 0 unspecified atom stereocenters. The third kappa shape index (κ3) is 6.95. The number of nitrogens with two attached hydrogens (primary N) is 1. The van der Waals surface area contributed by atoms with Crippen LogP contribution in [0.5, 0.6) is 0 Å². The van der Waals surface area contributed by atoms with Crippen molar-refractivity contribution in [3.8, 4) is 0 Å². The first-order chi connectivity index (χ1) is 10.0. The van der Waals surface area contributed by atoms with Gasteiger partial charge >= 0.3 is 0 Å². The Hall–Kier alpha value is -1.81. The van der Waals surface area contributed by atoms with Crippen LogP contribution in [0.4, 0.5) is 0 Å². The summed E-state index contributed by atoms with van der Waals surface area (Å²) in [5, 5.41) is 6.36. The highest BCUT2D eigenvalue weighted by molar-refractivity contribution is 5.94. The van der Waals surface area contributed by atoms with Crippen molar-refractivity contribution in [3.05, 3.63) is 47.2 Å². The molecule has 4 heteroatoms. The van der Waals surface area contributed by atoms with E-state index < -0.39 is 0 Å². The number of piperidine rings is 1. The zero-order valence-corrected chi connectivity index (χ0v) is 13.3. The SMILES string of the molecule is C/C=C(\C)N.Cc1ccc(C(=O)NC2CCNCC2)cc1. The Morgan fingerprint density at radius 2 is 1.81 bits per heavy atom. The molecule has 1 aromatic carbocycles. The second-order valence-electron chi connectivity index (χ2n) is 5.40. The van der Waals surface area contributed by atoms with Crippen LogP contribution < -0.4 is 16.4 Å². The van der Waals surface area contributed by atoms with E-state index >= 15 is 0 Å². The summed E-state index contributed by atoms with van der Waals surface area (Å²) >= 11 is 0. The molecule has 1 aliphatic heterocycles. The van der Waals surface area contributed by atoms with Crippen molar-refractivity contribution >= 4 is 5.91 Å². The Labute approximate surface area is 127 Å². The highest BCUT2D eigenvalue weighted by Crippen LogP contribution is 2.06. The minimum atomic E-state index is 0.0481. The van der Waals surface area contributed by atoms with E-state index in [2.05, 4.69) is 10.6 Å². The maximum Gasteiger partial charge on any atom is 0.251 e. The molecule has 116 valence electrons. The average Bonchev–Trinajstić information content (AvgIpc) is 2.49. The van der Waals surface area contributed by atoms with Crippen LogP contribution in [0.15, 0.2) is 36.0 Å². The first-order valence-electron chi connectivity index (χ1n) is 7.49. The van der Waals surface area contributed by atoms with Crippen LogP contribution >= 0.6 is 0 Å². The maximum atomic E-state index is 11.9. The van der Waals surface area contributed by atoms with Gasteiger partial charge in [-0.05, 0) is 58.8 Å². The van der Waals surface area contributed by atoms with Gasteiger partial charge in [-0.25, -0.2) is 0 Å². The largest absolute Gasteiger partial charge is 0.403 e. The van der Waals surface area contributed by atoms with E-state index in [0.29, 0.717) is 6.04 Å². The minimum Gasteiger partial charge on any atom is -0.403 e. The van der Waals surface area contributed by atoms with E-state index in [1.165, 1.54) is 5.56 Å². The fourth-order valence-electron chi connectivity index (χ4n) is 1.94. The molecule has 1 aromatic rings. The first-order valence-corrected chi connectivity index (χ1v) is 7.49. The maximum absolute atomic E-state index is 11.9.